The van der Waals surface area contributed by atoms with Gasteiger partial charge in [-0.1, -0.05) is 44.5 Å². The monoisotopic (exact) mass is 291 g/mol. The fourth-order valence-electron chi connectivity index (χ4n) is 2.03. The molecule has 0 aliphatic rings. The lowest BCUT2D eigenvalue weighted by Gasteiger charge is -2.24. The van der Waals surface area contributed by atoms with E-state index < -0.39 is 5.41 Å². The van der Waals surface area contributed by atoms with Crippen LogP contribution in [0.2, 0.25) is 5.02 Å². The molecule has 0 amide bonds. The number of halogens is 1. The smallest absolute Gasteiger partial charge is 0.163 e. The molecule has 0 N–H and O–H groups in total. The van der Waals surface area contributed by atoms with Crippen molar-refractivity contribution in [3.63, 3.8) is 0 Å². The SMILES string of the molecule is CC(C)(C)C(=O)C(Cc1ccc(Cl)cc1)n1cncn1. The van der Waals surface area contributed by atoms with Gasteiger partial charge in [-0.15, -0.1) is 0 Å². The van der Waals surface area contributed by atoms with E-state index in [0.29, 0.717) is 11.4 Å². The van der Waals surface area contributed by atoms with Crippen molar-refractivity contribution in [3.05, 3.63) is 47.5 Å². The average Bonchev–Trinajstić information content (AvgIpc) is 2.90. The van der Waals surface area contributed by atoms with E-state index in [-0.39, 0.29) is 11.8 Å². The van der Waals surface area contributed by atoms with Crippen molar-refractivity contribution in [3.8, 4) is 0 Å². The summed E-state index contributed by atoms with van der Waals surface area (Å²) >= 11 is 5.89. The van der Waals surface area contributed by atoms with Crippen LogP contribution < -0.4 is 0 Å². The van der Waals surface area contributed by atoms with Crippen molar-refractivity contribution in [1.29, 1.82) is 0 Å². The molecule has 106 valence electrons. The molecule has 0 bridgehead atoms. The summed E-state index contributed by atoms with van der Waals surface area (Å²) in [6.45, 7) is 5.75. The summed E-state index contributed by atoms with van der Waals surface area (Å²) in [5.41, 5.74) is 0.621. The summed E-state index contributed by atoms with van der Waals surface area (Å²) in [5.74, 6) is 0.137. The van der Waals surface area contributed by atoms with Crippen LogP contribution in [0.15, 0.2) is 36.9 Å². The number of benzene rings is 1. The van der Waals surface area contributed by atoms with E-state index >= 15 is 0 Å². The summed E-state index contributed by atoms with van der Waals surface area (Å²) in [4.78, 5) is 16.6. The zero-order chi connectivity index (χ0) is 14.8. The highest BCUT2D eigenvalue weighted by molar-refractivity contribution is 6.30. The predicted molar refractivity (Wildman–Crippen MR) is 78.7 cm³/mol. The lowest BCUT2D eigenvalue weighted by Crippen LogP contribution is -2.32. The molecule has 0 fully saturated rings. The molecule has 1 heterocycles. The lowest BCUT2D eigenvalue weighted by atomic mass is 9.84. The minimum absolute atomic E-state index is 0.137. The van der Waals surface area contributed by atoms with Crippen molar-refractivity contribution >= 4 is 17.4 Å². The van der Waals surface area contributed by atoms with Gasteiger partial charge in [-0.05, 0) is 17.7 Å². The van der Waals surface area contributed by atoms with E-state index in [0.717, 1.165) is 5.56 Å². The molecule has 20 heavy (non-hydrogen) atoms. The van der Waals surface area contributed by atoms with Gasteiger partial charge in [0.25, 0.3) is 0 Å². The molecular formula is C15H18ClN3O. The van der Waals surface area contributed by atoms with Gasteiger partial charge in [-0.25, -0.2) is 9.67 Å². The van der Waals surface area contributed by atoms with Crippen LogP contribution in [0.3, 0.4) is 0 Å². The first-order valence-electron chi connectivity index (χ1n) is 6.51. The van der Waals surface area contributed by atoms with Crippen LogP contribution in [0.1, 0.15) is 32.4 Å². The van der Waals surface area contributed by atoms with Gasteiger partial charge < -0.3 is 0 Å². The highest BCUT2D eigenvalue weighted by Crippen LogP contribution is 2.26. The number of nitrogens with zero attached hydrogens (tertiary/aromatic N) is 3. The molecule has 1 atom stereocenters. The first-order chi connectivity index (χ1) is 9.38. The fraction of sp³-hybridized carbons (Fsp3) is 0.400. The largest absolute Gasteiger partial charge is 0.297 e. The van der Waals surface area contributed by atoms with Crippen LogP contribution in [0, 0.1) is 5.41 Å². The maximum absolute atomic E-state index is 12.6. The minimum atomic E-state index is -0.428. The van der Waals surface area contributed by atoms with Crippen LogP contribution >= 0.6 is 11.6 Å². The maximum Gasteiger partial charge on any atom is 0.163 e. The van der Waals surface area contributed by atoms with Crippen molar-refractivity contribution in [2.24, 2.45) is 5.41 Å². The van der Waals surface area contributed by atoms with Crippen molar-refractivity contribution in [1.82, 2.24) is 14.8 Å². The Kier molecular flexibility index (Phi) is 4.23. The first-order valence-corrected chi connectivity index (χ1v) is 6.88. The van der Waals surface area contributed by atoms with E-state index in [2.05, 4.69) is 10.1 Å². The molecule has 0 saturated heterocycles. The van der Waals surface area contributed by atoms with Gasteiger partial charge in [0.1, 0.15) is 18.7 Å². The summed E-state index contributed by atoms with van der Waals surface area (Å²) in [6.07, 6.45) is 3.62. The molecule has 0 radical (unpaired) electrons. The summed E-state index contributed by atoms with van der Waals surface area (Å²) in [5, 5.41) is 4.81. The molecule has 5 heteroatoms. The maximum atomic E-state index is 12.6. The highest BCUT2D eigenvalue weighted by atomic mass is 35.5. The van der Waals surface area contributed by atoms with E-state index in [9.17, 15) is 4.79 Å². The normalized spacial score (nSPS) is 13.2. The second kappa shape index (κ2) is 5.75. The molecule has 1 aromatic carbocycles. The third-order valence-electron chi connectivity index (χ3n) is 3.14. The molecule has 0 aliphatic heterocycles. The molecule has 4 nitrogen and oxygen atoms in total. The molecular weight excluding hydrogens is 274 g/mol. The van der Waals surface area contributed by atoms with E-state index in [4.69, 9.17) is 11.6 Å². The van der Waals surface area contributed by atoms with Gasteiger partial charge in [-0.3, -0.25) is 4.79 Å². The number of Topliss-reactive ketones (excluding diaryl/α,β-unsaturated/α-hetero) is 1. The van der Waals surface area contributed by atoms with Crippen molar-refractivity contribution in [2.45, 2.75) is 33.2 Å². The topological polar surface area (TPSA) is 47.8 Å². The van der Waals surface area contributed by atoms with Crippen LogP contribution in [0.4, 0.5) is 0 Å². The third kappa shape index (κ3) is 3.45. The number of ketones is 1. The summed E-state index contributed by atoms with van der Waals surface area (Å²) < 4.78 is 1.63. The molecule has 1 unspecified atom stereocenters. The third-order valence-corrected chi connectivity index (χ3v) is 3.39. The quantitative estimate of drug-likeness (QED) is 0.868. The molecule has 0 saturated carbocycles. The fourth-order valence-corrected chi connectivity index (χ4v) is 2.15. The highest BCUT2D eigenvalue weighted by Gasteiger charge is 2.31. The predicted octanol–water partition coefficient (Wildman–Crippen LogP) is 3.33. The summed E-state index contributed by atoms with van der Waals surface area (Å²) in [6, 6.07) is 7.18. The van der Waals surface area contributed by atoms with E-state index in [1.165, 1.54) is 6.33 Å². The van der Waals surface area contributed by atoms with Gasteiger partial charge in [0.15, 0.2) is 5.78 Å². The Morgan fingerprint density at radius 2 is 1.95 bits per heavy atom. The number of carbonyl (C=O) groups is 1. The van der Waals surface area contributed by atoms with E-state index in [1.807, 2.05) is 45.0 Å². The van der Waals surface area contributed by atoms with Gasteiger partial charge in [0, 0.05) is 16.9 Å². The molecule has 0 spiro atoms. The van der Waals surface area contributed by atoms with Crippen LogP contribution in [-0.4, -0.2) is 20.5 Å². The Morgan fingerprint density at radius 1 is 1.30 bits per heavy atom. The standard InChI is InChI=1S/C15H18ClN3O/c1-15(2,3)14(20)13(19-10-17-9-18-19)8-11-4-6-12(16)7-5-11/h4-7,9-10,13H,8H2,1-3H3. The average molecular weight is 292 g/mol. The number of carbonyl (C=O) groups excluding carboxylic acids is 1. The van der Waals surface area contributed by atoms with Crippen LogP contribution in [0.5, 0.6) is 0 Å². The Bertz CT molecular complexity index is 570. The van der Waals surface area contributed by atoms with Crippen molar-refractivity contribution < 1.29 is 4.79 Å². The molecule has 0 aliphatic carbocycles. The van der Waals surface area contributed by atoms with Crippen molar-refractivity contribution in [2.75, 3.05) is 0 Å². The van der Waals surface area contributed by atoms with Gasteiger partial charge in [-0.2, -0.15) is 5.10 Å². The zero-order valence-corrected chi connectivity index (χ0v) is 12.6. The molecule has 1 aromatic heterocycles. The Hall–Kier alpha value is -1.68. The minimum Gasteiger partial charge on any atom is -0.297 e. The second-order valence-electron chi connectivity index (χ2n) is 5.84. The van der Waals surface area contributed by atoms with Gasteiger partial charge in [0.05, 0.1) is 0 Å². The van der Waals surface area contributed by atoms with Crippen LogP contribution in [0.25, 0.3) is 0 Å². The van der Waals surface area contributed by atoms with Gasteiger partial charge >= 0.3 is 0 Å². The lowest BCUT2D eigenvalue weighted by molar-refractivity contribution is -0.130. The second-order valence-corrected chi connectivity index (χ2v) is 6.27. The zero-order valence-electron chi connectivity index (χ0n) is 11.9. The number of rotatable bonds is 4. The van der Waals surface area contributed by atoms with Crippen LogP contribution in [-0.2, 0) is 11.2 Å². The molecule has 2 rings (SSSR count). The Labute approximate surface area is 123 Å². The summed E-state index contributed by atoms with van der Waals surface area (Å²) in [7, 11) is 0. The van der Waals surface area contributed by atoms with E-state index in [1.54, 1.807) is 11.0 Å². The molecule has 2 aromatic rings. The number of hydrogen-bond donors (Lipinski definition) is 0. The first kappa shape index (κ1) is 14.7. The Balaban J connectivity index is 2.28. The van der Waals surface area contributed by atoms with Gasteiger partial charge in [0.2, 0.25) is 0 Å². The number of hydrogen-bond acceptors (Lipinski definition) is 3. The number of aromatic nitrogens is 3. The Morgan fingerprint density at radius 3 is 2.45 bits per heavy atom.